The predicted octanol–water partition coefficient (Wildman–Crippen LogP) is 3.20. The second kappa shape index (κ2) is 6.65. The summed E-state index contributed by atoms with van der Waals surface area (Å²) in [6.45, 7) is 11.9. The molecule has 0 aliphatic heterocycles. The van der Waals surface area contributed by atoms with Gasteiger partial charge in [0.1, 0.15) is 0 Å². The molecule has 2 nitrogen and oxygen atoms in total. The Morgan fingerprint density at radius 2 is 2.00 bits per heavy atom. The monoisotopic (exact) mass is 234 g/mol. The Kier molecular flexibility index (Phi) is 5.49. The highest BCUT2D eigenvalue weighted by Gasteiger charge is 2.03. The molecule has 0 saturated heterocycles. The van der Waals surface area contributed by atoms with Crippen LogP contribution in [0.3, 0.4) is 0 Å². The van der Waals surface area contributed by atoms with Gasteiger partial charge in [-0.25, -0.2) is 0 Å². The topological polar surface area (TPSA) is 15.3 Å². The van der Waals surface area contributed by atoms with Gasteiger partial charge >= 0.3 is 0 Å². The molecule has 0 radical (unpaired) electrons. The third-order valence-corrected chi connectivity index (χ3v) is 3.03. The number of nitrogens with one attached hydrogen (secondary N) is 1. The highest BCUT2D eigenvalue weighted by atomic mass is 15.1. The van der Waals surface area contributed by atoms with Crippen molar-refractivity contribution in [2.24, 2.45) is 5.92 Å². The van der Waals surface area contributed by atoms with Gasteiger partial charge in [0.25, 0.3) is 0 Å². The van der Waals surface area contributed by atoms with Gasteiger partial charge in [-0.15, -0.1) is 0 Å². The van der Waals surface area contributed by atoms with Gasteiger partial charge in [-0.2, -0.15) is 0 Å². The Morgan fingerprint density at radius 3 is 2.53 bits per heavy atom. The molecule has 2 heteroatoms. The van der Waals surface area contributed by atoms with Crippen molar-refractivity contribution in [3.05, 3.63) is 29.3 Å². The summed E-state index contributed by atoms with van der Waals surface area (Å²) in [5.74, 6) is 0.710. The van der Waals surface area contributed by atoms with Gasteiger partial charge in [0.15, 0.2) is 0 Å². The summed E-state index contributed by atoms with van der Waals surface area (Å²) in [4.78, 5) is 2.28. The molecule has 96 valence electrons. The number of rotatable bonds is 6. The van der Waals surface area contributed by atoms with Crippen LogP contribution in [0.4, 0.5) is 5.69 Å². The molecule has 0 unspecified atom stereocenters. The molecular weight excluding hydrogens is 208 g/mol. The maximum Gasteiger partial charge on any atom is 0.0393 e. The smallest absolute Gasteiger partial charge is 0.0393 e. The van der Waals surface area contributed by atoms with Crippen LogP contribution in [0.5, 0.6) is 0 Å². The molecule has 0 saturated carbocycles. The van der Waals surface area contributed by atoms with Crippen LogP contribution in [-0.2, 0) is 6.54 Å². The summed E-state index contributed by atoms with van der Waals surface area (Å²) in [6.07, 6.45) is 0. The zero-order chi connectivity index (χ0) is 12.8. The Bertz CT molecular complexity index is 345. The van der Waals surface area contributed by atoms with Crippen molar-refractivity contribution in [1.82, 2.24) is 5.32 Å². The van der Waals surface area contributed by atoms with Gasteiger partial charge in [0.05, 0.1) is 0 Å². The number of nitrogens with zero attached hydrogens (tertiary/aromatic N) is 1. The minimum atomic E-state index is 0.710. The molecule has 1 aromatic carbocycles. The third-order valence-electron chi connectivity index (χ3n) is 3.03. The van der Waals surface area contributed by atoms with Crippen molar-refractivity contribution >= 4 is 5.69 Å². The van der Waals surface area contributed by atoms with Gasteiger partial charge in [-0.3, -0.25) is 0 Å². The van der Waals surface area contributed by atoms with Crippen LogP contribution in [0.25, 0.3) is 0 Å². The molecular formula is C15H26N2. The van der Waals surface area contributed by atoms with E-state index in [2.05, 4.69) is 63.2 Å². The molecule has 0 aromatic heterocycles. The largest absolute Gasteiger partial charge is 0.375 e. The summed E-state index contributed by atoms with van der Waals surface area (Å²) in [7, 11) is 2.14. The molecule has 1 aromatic rings. The summed E-state index contributed by atoms with van der Waals surface area (Å²) >= 11 is 0. The Labute approximate surface area is 106 Å². The standard InChI is InChI=1S/C15H26N2/c1-6-17(5)15-8-7-14(9-13(15)4)11-16-10-12(2)3/h7-9,12,16H,6,10-11H2,1-5H3. The molecule has 17 heavy (non-hydrogen) atoms. The molecule has 0 bridgehead atoms. The Morgan fingerprint density at radius 1 is 1.29 bits per heavy atom. The van der Waals surface area contributed by atoms with E-state index in [1.165, 1.54) is 16.8 Å². The van der Waals surface area contributed by atoms with Gasteiger partial charge in [-0.1, -0.05) is 26.0 Å². The van der Waals surface area contributed by atoms with E-state index in [0.717, 1.165) is 19.6 Å². The first kappa shape index (κ1) is 14.0. The number of anilines is 1. The SMILES string of the molecule is CCN(C)c1ccc(CNCC(C)C)cc1C. The van der Waals surface area contributed by atoms with Crippen LogP contribution in [-0.4, -0.2) is 20.1 Å². The van der Waals surface area contributed by atoms with Gasteiger partial charge in [0.2, 0.25) is 0 Å². The first-order valence-corrected chi connectivity index (χ1v) is 6.56. The number of hydrogen-bond acceptors (Lipinski definition) is 2. The zero-order valence-electron chi connectivity index (χ0n) is 11.9. The minimum Gasteiger partial charge on any atom is -0.375 e. The van der Waals surface area contributed by atoms with Gasteiger partial charge in [-0.05, 0) is 43.5 Å². The molecule has 0 aliphatic carbocycles. The highest BCUT2D eigenvalue weighted by Crippen LogP contribution is 2.19. The summed E-state index contributed by atoms with van der Waals surface area (Å²) in [6, 6.07) is 6.74. The molecule has 0 heterocycles. The Balaban J connectivity index is 2.62. The van der Waals surface area contributed by atoms with E-state index < -0.39 is 0 Å². The first-order valence-electron chi connectivity index (χ1n) is 6.56. The lowest BCUT2D eigenvalue weighted by molar-refractivity contribution is 0.552. The van der Waals surface area contributed by atoms with E-state index in [1.807, 2.05) is 0 Å². The van der Waals surface area contributed by atoms with E-state index in [4.69, 9.17) is 0 Å². The van der Waals surface area contributed by atoms with Crippen LogP contribution < -0.4 is 10.2 Å². The molecule has 0 amide bonds. The van der Waals surface area contributed by atoms with Crippen LogP contribution in [0.15, 0.2) is 18.2 Å². The highest BCUT2D eigenvalue weighted by molar-refractivity contribution is 5.53. The number of benzene rings is 1. The van der Waals surface area contributed by atoms with Crippen molar-refractivity contribution in [2.75, 3.05) is 25.0 Å². The lowest BCUT2D eigenvalue weighted by atomic mass is 10.1. The summed E-state index contributed by atoms with van der Waals surface area (Å²) in [5, 5.41) is 3.48. The van der Waals surface area contributed by atoms with E-state index in [0.29, 0.717) is 5.92 Å². The molecule has 0 spiro atoms. The maximum absolute atomic E-state index is 3.48. The van der Waals surface area contributed by atoms with E-state index >= 15 is 0 Å². The first-order chi connectivity index (χ1) is 8.04. The fourth-order valence-corrected chi connectivity index (χ4v) is 1.93. The van der Waals surface area contributed by atoms with Crippen molar-refractivity contribution in [3.8, 4) is 0 Å². The average molecular weight is 234 g/mol. The molecule has 0 atom stereocenters. The average Bonchev–Trinajstić information content (AvgIpc) is 2.28. The number of aryl methyl sites for hydroxylation is 1. The van der Waals surface area contributed by atoms with E-state index in [1.54, 1.807) is 0 Å². The summed E-state index contributed by atoms with van der Waals surface area (Å²) < 4.78 is 0. The van der Waals surface area contributed by atoms with Crippen molar-refractivity contribution in [3.63, 3.8) is 0 Å². The van der Waals surface area contributed by atoms with Crippen LogP contribution >= 0.6 is 0 Å². The van der Waals surface area contributed by atoms with Crippen molar-refractivity contribution in [1.29, 1.82) is 0 Å². The van der Waals surface area contributed by atoms with Gasteiger partial charge < -0.3 is 10.2 Å². The zero-order valence-corrected chi connectivity index (χ0v) is 11.9. The fourth-order valence-electron chi connectivity index (χ4n) is 1.93. The molecule has 0 fully saturated rings. The maximum atomic E-state index is 3.48. The van der Waals surface area contributed by atoms with Crippen LogP contribution in [0.2, 0.25) is 0 Å². The second-order valence-electron chi connectivity index (χ2n) is 5.16. The van der Waals surface area contributed by atoms with Crippen molar-refractivity contribution in [2.45, 2.75) is 34.2 Å². The Hall–Kier alpha value is -1.02. The lowest BCUT2D eigenvalue weighted by Gasteiger charge is -2.20. The van der Waals surface area contributed by atoms with E-state index in [-0.39, 0.29) is 0 Å². The van der Waals surface area contributed by atoms with Crippen LogP contribution in [0.1, 0.15) is 31.9 Å². The number of hydrogen-bond donors (Lipinski definition) is 1. The predicted molar refractivity (Wildman–Crippen MR) is 76.7 cm³/mol. The molecule has 1 N–H and O–H groups in total. The minimum absolute atomic E-state index is 0.710. The summed E-state index contributed by atoms with van der Waals surface area (Å²) in [5.41, 5.74) is 4.06. The van der Waals surface area contributed by atoms with Crippen LogP contribution in [0, 0.1) is 12.8 Å². The molecule has 1 rings (SSSR count). The second-order valence-corrected chi connectivity index (χ2v) is 5.16. The molecule has 0 aliphatic rings. The van der Waals surface area contributed by atoms with Gasteiger partial charge in [0, 0.05) is 25.8 Å². The van der Waals surface area contributed by atoms with E-state index in [9.17, 15) is 0 Å². The normalized spacial score (nSPS) is 10.9. The fraction of sp³-hybridized carbons (Fsp3) is 0.600. The lowest BCUT2D eigenvalue weighted by Crippen LogP contribution is -2.20. The van der Waals surface area contributed by atoms with Crippen molar-refractivity contribution < 1.29 is 0 Å². The third kappa shape index (κ3) is 4.39. The quantitative estimate of drug-likeness (QED) is 0.813.